The largest absolute Gasteiger partial charge is 0.494 e. The van der Waals surface area contributed by atoms with Crippen LogP contribution >= 0.6 is 0 Å². The summed E-state index contributed by atoms with van der Waals surface area (Å²) in [7, 11) is 1.66. The normalized spacial score (nSPS) is 12.0. The summed E-state index contributed by atoms with van der Waals surface area (Å²) in [5.74, 6) is 0.748. The molecule has 1 N–H and O–H groups in total. The van der Waals surface area contributed by atoms with Gasteiger partial charge in [-0.1, -0.05) is 30.3 Å². The summed E-state index contributed by atoms with van der Waals surface area (Å²) < 4.78 is 5.46. The molecular weight excluding hydrogens is 312 g/mol. The molecule has 2 aromatic carbocycles. The number of rotatable bonds is 4. The Labute approximate surface area is 147 Å². The number of carbonyl (C=O) groups is 1. The van der Waals surface area contributed by atoms with Crippen LogP contribution in [0, 0.1) is 6.92 Å². The number of aromatic nitrogens is 1. The Hall–Kier alpha value is -2.88. The Morgan fingerprint density at radius 2 is 1.80 bits per heavy atom. The van der Waals surface area contributed by atoms with Gasteiger partial charge < -0.3 is 10.1 Å². The van der Waals surface area contributed by atoms with Crippen LogP contribution in [-0.2, 0) is 4.79 Å². The molecular formula is C21H22N2O2. The Morgan fingerprint density at radius 1 is 1.08 bits per heavy atom. The average Bonchev–Trinajstić information content (AvgIpc) is 2.60. The Kier molecular flexibility index (Phi) is 4.70. The first-order valence-electron chi connectivity index (χ1n) is 8.31. The highest BCUT2D eigenvalue weighted by Gasteiger charge is 2.11. The standard InChI is InChI=1S/C21H22N2O2/c1-13-5-10-19-18(11-12-20(25-4)21(19)22-13)17-8-6-16(7-9-17)14(2)23-15(3)24/h5-12,14H,1-4H3,(H,23,24). The summed E-state index contributed by atoms with van der Waals surface area (Å²) >= 11 is 0. The summed E-state index contributed by atoms with van der Waals surface area (Å²) in [6.45, 7) is 5.49. The number of carbonyl (C=O) groups excluding carboxylic acids is 1. The molecule has 0 aliphatic heterocycles. The van der Waals surface area contributed by atoms with Gasteiger partial charge in [0.05, 0.1) is 13.2 Å². The monoisotopic (exact) mass is 334 g/mol. The number of ether oxygens (including phenoxy) is 1. The van der Waals surface area contributed by atoms with E-state index in [0.29, 0.717) is 0 Å². The zero-order chi connectivity index (χ0) is 18.0. The molecule has 4 heteroatoms. The van der Waals surface area contributed by atoms with Crippen molar-refractivity contribution in [1.29, 1.82) is 0 Å². The van der Waals surface area contributed by atoms with E-state index in [4.69, 9.17) is 4.74 Å². The number of fused-ring (bicyclic) bond motifs is 1. The van der Waals surface area contributed by atoms with Gasteiger partial charge in [0.2, 0.25) is 5.91 Å². The molecule has 25 heavy (non-hydrogen) atoms. The molecule has 0 saturated carbocycles. The molecule has 128 valence electrons. The molecule has 0 spiro atoms. The third kappa shape index (κ3) is 3.48. The van der Waals surface area contributed by atoms with Gasteiger partial charge in [0, 0.05) is 18.0 Å². The number of pyridine rings is 1. The van der Waals surface area contributed by atoms with Crippen molar-refractivity contribution in [2.24, 2.45) is 0 Å². The summed E-state index contributed by atoms with van der Waals surface area (Å²) in [5.41, 5.74) is 5.13. The van der Waals surface area contributed by atoms with E-state index in [0.717, 1.165) is 39.0 Å². The molecule has 0 aliphatic carbocycles. The van der Waals surface area contributed by atoms with Crippen molar-refractivity contribution in [3.8, 4) is 16.9 Å². The predicted molar refractivity (Wildman–Crippen MR) is 101 cm³/mol. The van der Waals surface area contributed by atoms with Crippen LogP contribution in [0.5, 0.6) is 5.75 Å². The number of nitrogens with zero attached hydrogens (tertiary/aromatic N) is 1. The summed E-state index contributed by atoms with van der Waals surface area (Å²) in [4.78, 5) is 15.9. The first kappa shape index (κ1) is 17.0. The lowest BCUT2D eigenvalue weighted by Gasteiger charge is -2.14. The van der Waals surface area contributed by atoms with Crippen molar-refractivity contribution in [2.45, 2.75) is 26.8 Å². The first-order chi connectivity index (χ1) is 12.0. The molecule has 0 radical (unpaired) electrons. The van der Waals surface area contributed by atoms with Gasteiger partial charge in [0.15, 0.2) is 0 Å². The van der Waals surface area contributed by atoms with Gasteiger partial charge in [-0.05, 0) is 48.7 Å². The Bertz CT molecular complexity index is 917. The third-order valence-electron chi connectivity index (χ3n) is 4.32. The fraction of sp³-hybridized carbons (Fsp3) is 0.238. The highest BCUT2D eigenvalue weighted by molar-refractivity contribution is 5.98. The Morgan fingerprint density at radius 3 is 2.44 bits per heavy atom. The lowest BCUT2D eigenvalue weighted by Crippen LogP contribution is -2.23. The van der Waals surface area contributed by atoms with Crippen LogP contribution in [0.25, 0.3) is 22.0 Å². The number of amides is 1. The minimum absolute atomic E-state index is 0.0107. The maximum absolute atomic E-state index is 11.2. The molecule has 0 saturated heterocycles. The van der Waals surface area contributed by atoms with Gasteiger partial charge in [-0.3, -0.25) is 4.79 Å². The summed E-state index contributed by atoms with van der Waals surface area (Å²) in [6, 6.07) is 16.4. The van der Waals surface area contributed by atoms with Crippen LogP contribution in [0.4, 0.5) is 0 Å². The van der Waals surface area contributed by atoms with Crippen LogP contribution in [-0.4, -0.2) is 18.0 Å². The number of nitrogens with one attached hydrogen (secondary N) is 1. The van der Waals surface area contributed by atoms with E-state index in [1.165, 1.54) is 6.92 Å². The Balaban J connectivity index is 2.03. The van der Waals surface area contributed by atoms with Gasteiger partial charge in [0.25, 0.3) is 0 Å². The second-order valence-corrected chi connectivity index (χ2v) is 6.21. The van der Waals surface area contributed by atoms with E-state index < -0.39 is 0 Å². The van der Waals surface area contributed by atoms with Crippen LogP contribution in [0.15, 0.2) is 48.5 Å². The number of hydrogen-bond acceptors (Lipinski definition) is 3. The second kappa shape index (κ2) is 6.93. The highest BCUT2D eigenvalue weighted by atomic mass is 16.5. The lowest BCUT2D eigenvalue weighted by molar-refractivity contribution is -0.119. The molecule has 0 fully saturated rings. The predicted octanol–water partition coefficient (Wildman–Crippen LogP) is 4.42. The van der Waals surface area contributed by atoms with E-state index in [2.05, 4.69) is 34.6 Å². The molecule has 0 aliphatic rings. The van der Waals surface area contributed by atoms with Crippen molar-refractivity contribution in [3.05, 3.63) is 59.8 Å². The van der Waals surface area contributed by atoms with E-state index >= 15 is 0 Å². The van der Waals surface area contributed by atoms with Gasteiger partial charge >= 0.3 is 0 Å². The zero-order valence-corrected chi connectivity index (χ0v) is 15.0. The van der Waals surface area contributed by atoms with E-state index in [1.54, 1.807) is 7.11 Å². The van der Waals surface area contributed by atoms with Crippen LogP contribution in [0.2, 0.25) is 0 Å². The SMILES string of the molecule is COc1ccc(-c2ccc(C(C)NC(C)=O)cc2)c2ccc(C)nc12. The summed E-state index contributed by atoms with van der Waals surface area (Å²) in [5, 5.41) is 3.97. The molecule has 3 rings (SSSR count). The third-order valence-corrected chi connectivity index (χ3v) is 4.32. The molecule has 1 aromatic heterocycles. The fourth-order valence-electron chi connectivity index (χ4n) is 3.05. The van der Waals surface area contributed by atoms with Crippen molar-refractivity contribution in [1.82, 2.24) is 10.3 Å². The van der Waals surface area contributed by atoms with Crippen LogP contribution in [0.3, 0.4) is 0 Å². The number of methoxy groups -OCH3 is 1. The van der Waals surface area contributed by atoms with E-state index in [9.17, 15) is 4.79 Å². The number of hydrogen-bond donors (Lipinski definition) is 1. The maximum Gasteiger partial charge on any atom is 0.217 e. The second-order valence-electron chi connectivity index (χ2n) is 6.21. The molecule has 1 amide bonds. The lowest BCUT2D eigenvalue weighted by atomic mass is 9.97. The minimum atomic E-state index is -0.0285. The van der Waals surface area contributed by atoms with Gasteiger partial charge in [0.1, 0.15) is 11.3 Å². The van der Waals surface area contributed by atoms with Crippen molar-refractivity contribution in [2.75, 3.05) is 7.11 Å². The van der Waals surface area contributed by atoms with Crippen LogP contribution < -0.4 is 10.1 Å². The topological polar surface area (TPSA) is 51.2 Å². The fourth-order valence-corrected chi connectivity index (χ4v) is 3.05. The quantitative estimate of drug-likeness (QED) is 0.768. The highest BCUT2D eigenvalue weighted by Crippen LogP contribution is 2.34. The molecule has 1 atom stereocenters. The summed E-state index contributed by atoms with van der Waals surface area (Å²) in [6.07, 6.45) is 0. The number of aryl methyl sites for hydroxylation is 1. The molecule has 4 nitrogen and oxygen atoms in total. The van der Waals surface area contributed by atoms with E-state index in [1.807, 2.05) is 38.1 Å². The minimum Gasteiger partial charge on any atom is -0.494 e. The maximum atomic E-state index is 11.2. The van der Waals surface area contributed by atoms with Crippen molar-refractivity contribution in [3.63, 3.8) is 0 Å². The molecule has 0 bridgehead atoms. The number of benzene rings is 2. The van der Waals surface area contributed by atoms with Crippen molar-refractivity contribution < 1.29 is 9.53 Å². The van der Waals surface area contributed by atoms with Gasteiger partial charge in [-0.2, -0.15) is 0 Å². The zero-order valence-electron chi connectivity index (χ0n) is 15.0. The molecule has 1 unspecified atom stereocenters. The van der Waals surface area contributed by atoms with E-state index in [-0.39, 0.29) is 11.9 Å². The molecule has 3 aromatic rings. The van der Waals surface area contributed by atoms with Gasteiger partial charge in [-0.15, -0.1) is 0 Å². The molecule has 1 heterocycles. The first-order valence-corrected chi connectivity index (χ1v) is 8.31. The smallest absolute Gasteiger partial charge is 0.217 e. The van der Waals surface area contributed by atoms with Gasteiger partial charge in [-0.25, -0.2) is 4.98 Å². The van der Waals surface area contributed by atoms with Crippen LogP contribution in [0.1, 0.15) is 31.1 Å². The van der Waals surface area contributed by atoms with Crippen molar-refractivity contribution >= 4 is 16.8 Å². The average molecular weight is 334 g/mol.